The van der Waals surface area contributed by atoms with Gasteiger partial charge in [0.15, 0.2) is 0 Å². The van der Waals surface area contributed by atoms with Gasteiger partial charge in [-0.2, -0.15) is 11.5 Å². The van der Waals surface area contributed by atoms with Crippen LogP contribution in [0, 0.1) is 46.3 Å². The summed E-state index contributed by atoms with van der Waals surface area (Å²) in [5.74, 6) is 6.14. The van der Waals surface area contributed by atoms with E-state index in [1.807, 2.05) is 6.07 Å². The largest absolute Gasteiger partial charge is 0.543 e. The van der Waals surface area contributed by atoms with Crippen molar-refractivity contribution in [3.05, 3.63) is 83.3 Å². The summed E-state index contributed by atoms with van der Waals surface area (Å²) in [6.07, 6.45) is 11.8. The van der Waals surface area contributed by atoms with Crippen molar-refractivity contribution in [2.24, 2.45) is 46.3 Å². The molecule has 2 fully saturated rings. The van der Waals surface area contributed by atoms with Crippen molar-refractivity contribution < 1.29 is 14.0 Å². The highest BCUT2D eigenvalue weighted by molar-refractivity contribution is 7.15. The standard InChI is InChI=1S/C34H53NO3Si2.C20H30BCl/c1-15-17-26(36)30-24(20-21-25-29(30)23(2)22-34(9,10)35-25)31-27(37-39(11,12)32(3,4)5)18-16-19-28(31)38-40(13,14)33(6,7)8;1-11-15-7-13(19(15,3)4)9-17(11)21(22)18-10-14-8-16(12(18)2)20(14,5)6/h15-16,18-22,26,35-36H,1,17H2,2-14H3;9-16H,7-8H2,1-6H3/t26-;/m1./s1. The minimum atomic E-state index is -2.20. The zero-order chi connectivity index (χ0) is 46.5. The Hall–Kier alpha value is -2.45. The molecule has 1 heterocycles. The fraction of sp³-hybridized carbons (Fsp3) is 0.630. The van der Waals surface area contributed by atoms with E-state index in [9.17, 15) is 5.11 Å². The van der Waals surface area contributed by atoms with Gasteiger partial charge in [0, 0.05) is 11.3 Å². The van der Waals surface area contributed by atoms with Crippen LogP contribution in [-0.2, 0) is 0 Å². The zero-order valence-electron chi connectivity index (χ0n) is 42.3. The van der Waals surface area contributed by atoms with Crippen molar-refractivity contribution in [1.82, 2.24) is 0 Å². The van der Waals surface area contributed by atoms with Gasteiger partial charge in [-0.1, -0.05) is 130 Å². The average Bonchev–Trinajstić information content (AvgIpc) is 3.12. The summed E-state index contributed by atoms with van der Waals surface area (Å²) in [5.41, 5.74) is 9.88. The van der Waals surface area contributed by atoms with Crippen molar-refractivity contribution in [3.63, 3.8) is 0 Å². The molecule has 0 amide bonds. The number of aliphatic hydroxyl groups is 1. The highest BCUT2D eigenvalue weighted by Crippen LogP contribution is 2.64. The number of rotatable bonds is 10. The molecule has 9 rings (SSSR count). The average molecular weight is 897 g/mol. The summed E-state index contributed by atoms with van der Waals surface area (Å²) in [6, 6.07) is 10.5. The summed E-state index contributed by atoms with van der Waals surface area (Å²) < 4.78 is 14.1. The maximum absolute atomic E-state index is 11.7. The van der Waals surface area contributed by atoms with E-state index in [1.54, 1.807) is 17.0 Å². The number of allylic oxidation sites excluding steroid dienone is 5. The van der Waals surface area contributed by atoms with Gasteiger partial charge in [-0.25, -0.2) is 0 Å². The van der Waals surface area contributed by atoms with E-state index in [0.29, 0.717) is 29.1 Å². The molecule has 4 nitrogen and oxygen atoms in total. The highest BCUT2D eigenvalue weighted by Gasteiger charge is 2.57. The highest BCUT2D eigenvalue weighted by atomic mass is 35.5. The molecule has 0 aromatic heterocycles. The molecule has 4 bridgehead atoms. The normalized spacial score (nSPS) is 27.2. The number of hydrogen-bond donors (Lipinski definition) is 2. The molecule has 6 aliphatic carbocycles. The number of anilines is 1. The lowest BCUT2D eigenvalue weighted by Crippen LogP contribution is -2.54. The molecule has 62 heavy (non-hydrogen) atoms. The van der Waals surface area contributed by atoms with E-state index in [0.717, 1.165) is 68.7 Å². The third kappa shape index (κ3) is 8.69. The minimum Gasteiger partial charge on any atom is -0.543 e. The summed E-state index contributed by atoms with van der Waals surface area (Å²) >= 11 is 7.05. The molecule has 7 atom stereocenters. The van der Waals surface area contributed by atoms with Crippen molar-refractivity contribution in [2.75, 3.05) is 5.32 Å². The summed E-state index contributed by atoms with van der Waals surface area (Å²) in [4.78, 5) is 0. The number of benzene rings is 2. The third-order valence-corrected chi connectivity index (χ3v) is 26.7. The molecule has 2 saturated carbocycles. The Morgan fingerprint density at radius 3 is 1.65 bits per heavy atom. The zero-order valence-corrected chi connectivity index (χ0v) is 45.0. The van der Waals surface area contributed by atoms with E-state index in [4.69, 9.17) is 20.3 Å². The number of halogens is 1. The summed E-state index contributed by atoms with van der Waals surface area (Å²) in [5, 5.41) is 15.4. The van der Waals surface area contributed by atoms with Crippen LogP contribution >= 0.6 is 11.5 Å². The van der Waals surface area contributed by atoms with Crippen LogP contribution < -0.4 is 14.2 Å². The first-order valence-electron chi connectivity index (χ1n) is 23.8. The predicted octanol–water partition coefficient (Wildman–Crippen LogP) is 16.1. The van der Waals surface area contributed by atoms with Crippen molar-refractivity contribution in [1.29, 1.82) is 0 Å². The van der Waals surface area contributed by atoms with Crippen LogP contribution in [0.25, 0.3) is 16.7 Å². The summed E-state index contributed by atoms with van der Waals surface area (Å²) in [7, 11) is -4.39. The SMILES string of the molecule is C=CC[C@@H](O)c1c(-c2c(O[Si](C)(C)C(C)(C)C)cccc2O[Si](C)(C)C(C)(C)C)ccc2c1C(C)=CC(C)(C)N2.CC1C(B(Cl)C2=CC3CC(C2C)C3(C)C)=CC2CC1C2(C)C. The fourth-order valence-corrected chi connectivity index (χ4v) is 13.7. The van der Waals surface area contributed by atoms with Gasteiger partial charge in [0.05, 0.1) is 17.2 Å². The molecule has 0 spiro atoms. The first-order chi connectivity index (χ1) is 28.3. The first-order valence-corrected chi connectivity index (χ1v) is 30.0. The van der Waals surface area contributed by atoms with Crippen LogP contribution in [0.5, 0.6) is 11.5 Å². The molecule has 2 aromatic carbocycles. The Bertz CT molecular complexity index is 2050. The lowest BCUT2D eigenvalue weighted by atomic mass is 9.37. The molecule has 6 unspecified atom stereocenters. The van der Waals surface area contributed by atoms with Crippen LogP contribution in [0.2, 0.25) is 36.3 Å². The molecule has 2 N–H and O–H groups in total. The van der Waals surface area contributed by atoms with Crippen LogP contribution in [-0.4, -0.2) is 33.4 Å². The molecule has 340 valence electrons. The van der Waals surface area contributed by atoms with Gasteiger partial charge < -0.3 is 19.3 Å². The monoisotopic (exact) mass is 896 g/mol. The maximum Gasteiger partial charge on any atom is 0.307 e. The lowest BCUT2D eigenvalue weighted by molar-refractivity contribution is -0.0303. The van der Waals surface area contributed by atoms with Crippen LogP contribution in [0.4, 0.5) is 5.69 Å². The maximum atomic E-state index is 11.7. The fourth-order valence-electron chi connectivity index (χ4n) is 11.1. The smallest absolute Gasteiger partial charge is 0.307 e. The molecule has 7 aliphatic rings. The van der Waals surface area contributed by atoms with Crippen molar-refractivity contribution in [3.8, 4) is 22.6 Å². The number of fused-ring (bicyclic) bond motifs is 3. The van der Waals surface area contributed by atoms with E-state index in [1.165, 1.54) is 12.8 Å². The van der Waals surface area contributed by atoms with Gasteiger partial charge in [0.2, 0.25) is 0 Å². The number of hydrogen-bond acceptors (Lipinski definition) is 4. The third-order valence-electron chi connectivity index (χ3n) is 17.5. The molecular formula is C54H83BClNO3Si2. The predicted molar refractivity (Wildman–Crippen MR) is 276 cm³/mol. The quantitative estimate of drug-likeness (QED) is 0.184. The molecule has 1 aliphatic heterocycles. The van der Waals surface area contributed by atoms with Crippen LogP contribution in [0.15, 0.2) is 72.2 Å². The van der Waals surface area contributed by atoms with Crippen molar-refractivity contribution >= 4 is 45.5 Å². The topological polar surface area (TPSA) is 50.7 Å². The second-order valence-electron chi connectivity index (χ2n) is 24.8. The summed E-state index contributed by atoms with van der Waals surface area (Å²) in [6.45, 7) is 47.7. The van der Waals surface area contributed by atoms with Gasteiger partial charge in [0.1, 0.15) is 11.5 Å². The van der Waals surface area contributed by atoms with Gasteiger partial charge in [-0.15, -0.1) is 6.58 Å². The van der Waals surface area contributed by atoms with E-state index in [-0.39, 0.29) is 21.7 Å². The lowest BCUT2D eigenvalue weighted by Gasteiger charge is -2.60. The minimum absolute atomic E-state index is 0.0242. The molecular weight excluding hydrogens is 813 g/mol. The van der Waals surface area contributed by atoms with E-state index >= 15 is 0 Å². The van der Waals surface area contributed by atoms with Gasteiger partial charge in [-0.3, -0.25) is 0 Å². The Labute approximate surface area is 386 Å². The Morgan fingerprint density at radius 2 is 1.26 bits per heavy atom. The molecule has 0 radical (unpaired) electrons. The molecule has 0 saturated heterocycles. The number of aliphatic hydroxyl groups excluding tert-OH is 1. The van der Waals surface area contributed by atoms with Crippen molar-refractivity contribution in [2.45, 2.75) is 171 Å². The first kappa shape index (κ1) is 49.0. The Morgan fingerprint density at radius 1 is 0.806 bits per heavy atom. The van der Waals surface area contributed by atoms with E-state index in [2.05, 4.69) is 184 Å². The van der Waals surface area contributed by atoms with Gasteiger partial charge in [-0.05, 0) is 158 Å². The van der Waals surface area contributed by atoms with Crippen LogP contribution in [0.3, 0.4) is 0 Å². The Balaban J connectivity index is 0.000000243. The van der Waals surface area contributed by atoms with Gasteiger partial charge >= 0.3 is 6.13 Å². The second-order valence-corrected chi connectivity index (χ2v) is 34.7. The van der Waals surface area contributed by atoms with Crippen LogP contribution in [0.1, 0.15) is 140 Å². The van der Waals surface area contributed by atoms with E-state index < -0.39 is 22.7 Å². The molecule has 8 heteroatoms. The second kappa shape index (κ2) is 16.5. The number of nitrogens with one attached hydrogen (secondary N) is 1. The Kier molecular flexibility index (Phi) is 13.0. The molecule has 2 aromatic rings. The van der Waals surface area contributed by atoms with Gasteiger partial charge in [0.25, 0.3) is 16.6 Å².